The number of benzene rings is 6. The van der Waals surface area contributed by atoms with Gasteiger partial charge in [0.05, 0.1) is 17.4 Å². The van der Waals surface area contributed by atoms with Crippen molar-refractivity contribution in [2.45, 2.75) is 6.04 Å². The summed E-state index contributed by atoms with van der Waals surface area (Å²) in [5.74, 6) is 0. The molecule has 1 unspecified atom stereocenters. The molecular weight excluding hydrogens is 631 g/mol. The van der Waals surface area contributed by atoms with Crippen LogP contribution < -0.4 is 5.32 Å². The van der Waals surface area contributed by atoms with E-state index in [0.29, 0.717) is 0 Å². The highest BCUT2D eigenvalue weighted by Gasteiger charge is 2.23. The van der Waals surface area contributed by atoms with Gasteiger partial charge in [0.2, 0.25) is 0 Å². The lowest BCUT2D eigenvalue weighted by Crippen LogP contribution is -2.21. The number of rotatable bonds is 6. The van der Waals surface area contributed by atoms with Crippen molar-refractivity contribution in [1.29, 1.82) is 0 Å². The molecule has 1 aliphatic heterocycles. The Hall–Kier alpha value is -6.84. The predicted octanol–water partition coefficient (Wildman–Crippen LogP) is 12.2. The molecule has 0 radical (unpaired) electrons. The molecule has 0 saturated heterocycles. The molecule has 0 amide bonds. The number of pyridine rings is 2. The van der Waals surface area contributed by atoms with Crippen LogP contribution in [0.5, 0.6) is 0 Å². The Morgan fingerprint density at radius 2 is 1.06 bits per heavy atom. The third kappa shape index (κ3) is 5.23. The van der Waals surface area contributed by atoms with Gasteiger partial charge in [-0.2, -0.15) is 0 Å². The van der Waals surface area contributed by atoms with E-state index in [1.807, 2.05) is 36.7 Å². The minimum absolute atomic E-state index is 0.0174. The first-order chi connectivity index (χ1) is 25.8. The molecule has 1 aliphatic carbocycles. The van der Waals surface area contributed by atoms with E-state index >= 15 is 0 Å². The van der Waals surface area contributed by atoms with Crippen molar-refractivity contribution in [3.63, 3.8) is 0 Å². The number of nitrogens with zero attached hydrogens (tertiary/aromatic N) is 2. The molecule has 0 fully saturated rings. The van der Waals surface area contributed by atoms with E-state index < -0.39 is 0 Å². The van der Waals surface area contributed by atoms with E-state index in [1.165, 1.54) is 55.3 Å². The molecule has 0 bridgehead atoms. The van der Waals surface area contributed by atoms with Crippen LogP contribution in [0.15, 0.2) is 188 Å². The maximum atomic E-state index is 4.60. The second-order valence-corrected chi connectivity index (χ2v) is 13.4. The molecule has 244 valence electrons. The number of allylic oxidation sites excluding steroid dienone is 2. The zero-order chi connectivity index (χ0) is 34.4. The average Bonchev–Trinajstić information content (AvgIpc) is 3.56. The van der Waals surface area contributed by atoms with E-state index in [-0.39, 0.29) is 6.04 Å². The van der Waals surface area contributed by atoms with Gasteiger partial charge in [-0.1, -0.05) is 121 Å². The van der Waals surface area contributed by atoms with Gasteiger partial charge in [0.1, 0.15) is 0 Å². The number of nitrogens with one attached hydrogen (secondary N) is 1. The molecule has 10 rings (SSSR count). The molecule has 6 aromatic carbocycles. The zero-order valence-electron chi connectivity index (χ0n) is 28.4. The number of hydrogen-bond donors (Lipinski definition) is 1. The number of dihydropyridines is 1. The largest absolute Gasteiger partial charge is 0.373 e. The summed E-state index contributed by atoms with van der Waals surface area (Å²) in [6.07, 6.45) is 10.1. The standard InChI is InChI=1S/C49H33N3/c1-2-13-41-40(12-1)43-15-8-14-42-39(24-25-44(41)49(42)43)38-30-36(32-20-22-33(23-21-32)45-16-3-5-26-50-45)29-37(31-38)34-10-7-11-35(28-34)46-18-9-19-48(52-46)47-17-4-6-27-51-47/h1-31,48,52H. The van der Waals surface area contributed by atoms with Crippen LogP contribution >= 0.6 is 0 Å². The van der Waals surface area contributed by atoms with Gasteiger partial charge in [0.15, 0.2) is 0 Å². The van der Waals surface area contributed by atoms with Crippen LogP contribution in [0.2, 0.25) is 0 Å². The topological polar surface area (TPSA) is 37.8 Å². The SMILES string of the molecule is C1=CC(c2ccccn2)NC(c2cccc(-c3cc(-c4ccc(-c5ccccn5)cc4)cc(-c4ccc5c6c(cccc46)-c4ccccc4-5)c3)c2)=C1. The molecule has 3 heterocycles. The first kappa shape index (κ1) is 30.0. The van der Waals surface area contributed by atoms with Crippen molar-refractivity contribution in [2.24, 2.45) is 0 Å². The molecule has 2 aromatic heterocycles. The molecule has 0 spiro atoms. The molecule has 0 saturated carbocycles. The fraction of sp³-hybridized carbons (Fsp3) is 0.0204. The number of fused-ring (bicyclic) bond motifs is 3. The minimum atomic E-state index is 0.0174. The van der Waals surface area contributed by atoms with Gasteiger partial charge in [-0.05, 0) is 127 Å². The van der Waals surface area contributed by atoms with E-state index in [0.717, 1.165) is 39.3 Å². The Kier molecular flexibility index (Phi) is 7.21. The average molecular weight is 664 g/mol. The maximum absolute atomic E-state index is 4.60. The molecule has 1 atom stereocenters. The Bertz CT molecular complexity index is 2660. The lowest BCUT2D eigenvalue weighted by molar-refractivity contribution is 0.737. The summed E-state index contributed by atoms with van der Waals surface area (Å²) in [6.45, 7) is 0. The van der Waals surface area contributed by atoms with E-state index in [4.69, 9.17) is 0 Å². The monoisotopic (exact) mass is 663 g/mol. The second kappa shape index (κ2) is 12.5. The summed E-state index contributed by atoms with van der Waals surface area (Å²) in [5.41, 5.74) is 17.6. The summed E-state index contributed by atoms with van der Waals surface area (Å²) >= 11 is 0. The number of hydrogen-bond acceptors (Lipinski definition) is 3. The Labute approximate surface area is 303 Å². The van der Waals surface area contributed by atoms with Crippen LogP contribution in [0.1, 0.15) is 17.3 Å². The van der Waals surface area contributed by atoms with Crippen LogP contribution in [-0.2, 0) is 0 Å². The highest BCUT2D eigenvalue weighted by Crippen LogP contribution is 2.49. The molecule has 1 N–H and O–H groups in total. The highest BCUT2D eigenvalue weighted by molar-refractivity contribution is 6.18. The quantitative estimate of drug-likeness (QED) is 0.192. The summed E-state index contributed by atoms with van der Waals surface area (Å²) in [7, 11) is 0. The maximum Gasteiger partial charge on any atom is 0.0873 e. The van der Waals surface area contributed by atoms with Crippen molar-refractivity contribution in [2.75, 3.05) is 0 Å². The summed E-state index contributed by atoms with van der Waals surface area (Å²) in [6, 6.07) is 56.9. The fourth-order valence-electron chi connectivity index (χ4n) is 7.85. The Morgan fingerprint density at radius 3 is 1.85 bits per heavy atom. The van der Waals surface area contributed by atoms with Crippen molar-refractivity contribution in [3.05, 3.63) is 200 Å². The number of aromatic nitrogens is 2. The van der Waals surface area contributed by atoms with Crippen molar-refractivity contribution < 1.29 is 0 Å². The van der Waals surface area contributed by atoms with Gasteiger partial charge in [0.25, 0.3) is 0 Å². The third-order valence-corrected chi connectivity index (χ3v) is 10.4. The lowest BCUT2D eigenvalue weighted by Gasteiger charge is -2.22. The zero-order valence-corrected chi connectivity index (χ0v) is 28.4. The molecule has 52 heavy (non-hydrogen) atoms. The van der Waals surface area contributed by atoms with Crippen LogP contribution in [0, 0.1) is 0 Å². The molecule has 3 nitrogen and oxygen atoms in total. The van der Waals surface area contributed by atoms with E-state index in [2.05, 4.69) is 167 Å². The molecular formula is C49H33N3. The normalized spacial score (nSPS) is 14.2. The summed E-state index contributed by atoms with van der Waals surface area (Å²) < 4.78 is 0. The first-order valence-corrected chi connectivity index (χ1v) is 17.8. The van der Waals surface area contributed by atoms with E-state index in [9.17, 15) is 0 Å². The van der Waals surface area contributed by atoms with Crippen LogP contribution in [0.3, 0.4) is 0 Å². The fourth-order valence-corrected chi connectivity index (χ4v) is 7.85. The van der Waals surface area contributed by atoms with E-state index in [1.54, 1.807) is 0 Å². The summed E-state index contributed by atoms with van der Waals surface area (Å²) in [5, 5.41) is 6.32. The first-order valence-electron chi connectivity index (χ1n) is 17.8. The van der Waals surface area contributed by atoms with Gasteiger partial charge in [-0.3, -0.25) is 9.97 Å². The van der Waals surface area contributed by atoms with Crippen molar-refractivity contribution in [3.8, 4) is 66.9 Å². The van der Waals surface area contributed by atoms with Gasteiger partial charge in [0, 0.05) is 23.7 Å². The van der Waals surface area contributed by atoms with Gasteiger partial charge in [-0.15, -0.1) is 0 Å². The highest BCUT2D eigenvalue weighted by atomic mass is 15.0. The van der Waals surface area contributed by atoms with Crippen molar-refractivity contribution >= 4 is 16.5 Å². The second-order valence-electron chi connectivity index (χ2n) is 13.4. The van der Waals surface area contributed by atoms with Gasteiger partial charge in [-0.25, -0.2) is 0 Å². The van der Waals surface area contributed by atoms with Crippen LogP contribution in [0.4, 0.5) is 0 Å². The smallest absolute Gasteiger partial charge is 0.0873 e. The van der Waals surface area contributed by atoms with Crippen molar-refractivity contribution in [1.82, 2.24) is 15.3 Å². The third-order valence-electron chi connectivity index (χ3n) is 10.4. The predicted molar refractivity (Wildman–Crippen MR) is 215 cm³/mol. The van der Waals surface area contributed by atoms with Crippen LogP contribution in [-0.4, -0.2) is 9.97 Å². The van der Waals surface area contributed by atoms with Gasteiger partial charge < -0.3 is 5.32 Å². The summed E-state index contributed by atoms with van der Waals surface area (Å²) in [4.78, 5) is 9.17. The minimum Gasteiger partial charge on any atom is -0.373 e. The molecule has 8 aromatic rings. The molecule has 3 heteroatoms. The van der Waals surface area contributed by atoms with Gasteiger partial charge >= 0.3 is 0 Å². The molecule has 2 aliphatic rings. The van der Waals surface area contributed by atoms with Crippen LogP contribution in [0.25, 0.3) is 83.4 Å². The Morgan fingerprint density at radius 1 is 0.423 bits per heavy atom. The Balaban J connectivity index is 1.10. The lowest BCUT2D eigenvalue weighted by atomic mass is 9.89.